The standard InChI is InChI=1S/C18H20Cl2N4O/c19-13-8-5-9-14(20)17(13)24-18(25)15-10-22-16(11-21-15)23-12-6-3-1-2-4-7-12/h5,8-12H,1-4,6-7H2,(H,22,23)(H,24,25). The highest BCUT2D eigenvalue weighted by Crippen LogP contribution is 2.30. The maximum atomic E-state index is 12.3. The molecule has 0 radical (unpaired) electrons. The average molecular weight is 379 g/mol. The Balaban J connectivity index is 1.64. The van der Waals surface area contributed by atoms with Crippen LogP contribution in [0, 0.1) is 0 Å². The number of para-hydroxylation sites is 1. The van der Waals surface area contributed by atoms with Gasteiger partial charge in [0.25, 0.3) is 5.91 Å². The largest absolute Gasteiger partial charge is 0.366 e. The number of anilines is 2. The summed E-state index contributed by atoms with van der Waals surface area (Å²) in [5.74, 6) is 0.294. The van der Waals surface area contributed by atoms with Crippen LogP contribution >= 0.6 is 23.2 Å². The van der Waals surface area contributed by atoms with Crippen LogP contribution < -0.4 is 10.6 Å². The summed E-state index contributed by atoms with van der Waals surface area (Å²) in [5, 5.41) is 6.84. The quantitative estimate of drug-likeness (QED) is 0.720. The second-order valence-corrected chi connectivity index (χ2v) is 6.98. The SMILES string of the molecule is O=C(Nc1c(Cl)cccc1Cl)c1cnc(NC2CCCCCC2)cn1. The molecule has 1 saturated carbocycles. The molecule has 1 aromatic heterocycles. The van der Waals surface area contributed by atoms with Gasteiger partial charge in [0, 0.05) is 6.04 Å². The minimum absolute atomic E-state index is 0.211. The molecule has 1 amide bonds. The van der Waals surface area contributed by atoms with Crippen LogP contribution in [-0.4, -0.2) is 21.9 Å². The molecule has 2 aromatic rings. The molecule has 1 heterocycles. The first-order valence-corrected chi connectivity index (χ1v) is 9.23. The van der Waals surface area contributed by atoms with Gasteiger partial charge in [0.1, 0.15) is 11.5 Å². The maximum absolute atomic E-state index is 12.3. The van der Waals surface area contributed by atoms with Gasteiger partial charge in [-0.25, -0.2) is 9.97 Å². The second-order valence-electron chi connectivity index (χ2n) is 6.17. The summed E-state index contributed by atoms with van der Waals surface area (Å²) in [4.78, 5) is 20.8. The Morgan fingerprint density at radius 3 is 2.28 bits per heavy atom. The number of nitrogens with one attached hydrogen (secondary N) is 2. The first-order valence-electron chi connectivity index (χ1n) is 8.47. The van der Waals surface area contributed by atoms with E-state index in [1.165, 1.54) is 31.9 Å². The van der Waals surface area contributed by atoms with Crippen LogP contribution in [0.5, 0.6) is 0 Å². The summed E-state index contributed by atoms with van der Waals surface area (Å²) in [6.45, 7) is 0. The van der Waals surface area contributed by atoms with Crippen molar-refractivity contribution in [3.05, 3.63) is 46.3 Å². The Bertz CT molecular complexity index is 708. The molecule has 1 fully saturated rings. The Kier molecular flexibility index (Phi) is 6.10. The number of benzene rings is 1. The summed E-state index contributed by atoms with van der Waals surface area (Å²) in [6.07, 6.45) is 10.4. The van der Waals surface area contributed by atoms with Crippen molar-refractivity contribution in [2.45, 2.75) is 44.6 Å². The highest BCUT2D eigenvalue weighted by molar-refractivity contribution is 6.39. The van der Waals surface area contributed by atoms with Crippen molar-refractivity contribution in [3.8, 4) is 0 Å². The van der Waals surface area contributed by atoms with Crippen LogP contribution in [0.3, 0.4) is 0 Å². The molecule has 1 aliphatic rings. The molecule has 3 rings (SSSR count). The van der Waals surface area contributed by atoms with Gasteiger partial charge in [-0.3, -0.25) is 4.79 Å². The van der Waals surface area contributed by atoms with Gasteiger partial charge in [-0.15, -0.1) is 0 Å². The molecule has 1 aliphatic carbocycles. The number of hydrogen-bond acceptors (Lipinski definition) is 4. The van der Waals surface area contributed by atoms with Crippen molar-refractivity contribution in [1.29, 1.82) is 0 Å². The van der Waals surface area contributed by atoms with Crippen LogP contribution in [0.1, 0.15) is 49.0 Å². The molecule has 0 saturated heterocycles. The first kappa shape index (κ1) is 18.0. The lowest BCUT2D eigenvalue weighted by Crippen LogP contribution is -2.20. The van der Waals surface area contributed by atoms with E-state index >= 15 is 0 Å². The molecule has 0 unspecified atom stereocenters. The van der Waals surface area contributed by atoms with Crippen LogP contribution in [0.25, 0.3) is 0 Å². The van der Waals surface area contributed by atoms with Gasteiger partial charge in [-0.05, 0) is 25.0 Å². The van der Waals surface area contributed by atoms with Gasteiger partial charge in [0.2, 0.25) is 0 Å². The van der Waals surface area contributed by atoms with Crippen LogP contribution in [0.2, 0.25) is 10.0 Å². The van der Waals surface area contributed by atoms with E-state index in [4.69, 9.17) is 23.2 Å². The summed E-state index contributed by atoms with van der Waals surface area (Å²) >= 11 is 12.1. The lowest BCUT2D eigenvalue weighted by atomic mass is 10.1. The molecule has 0 bridgehead atoms. The number of halogens is 2. The molecule has 5 nitrogen and oxygen atoms in total. The predicted molar refractivity (Wildman–Crippen MR) is 102 cm³/mol. The molecular weight excluding hydrogens is 359 g/mol. The van der Waals surface area contributed by atoms with Gasteiger partial charge in [0.15, 0.2) is 0 Å². The Labute approximate surface area is 157 Å². The lowest BCUT2D eigenvalue weighted by Gasteiger charge is -2.16. The molecule has 2 N–H and O–H groups in total. The summed E-state index contributed by atoms with van der Waals surface area (Å²) < 4.78 is 0. The van der Waals surface area contributed by atoms with E-state index in [1.54, 1.807) is 24.4 Å². The van der Waals surface area contributed by atoms with E-state index in [0.717, 1.165) is 12.8 Å². The van der Waals surface area contributed by atoms with Crippen LogP contribution in [0.4, 0.5) is 11.5 Å². The second kappa shape index (κ2) is 8.50. The molecular formula is C18H20Cl2N4O. The predicted octanol–water partition coefficient (Wildman–Crippen LogP) is 5.17. The van der Waals surface area contributed by atoms with Crippen molar-refractivity contribution >= 4 is 40.6 Å². The van der Waals surface area contributed by atoms with E-state index in [0.29, 0.717) is 27.6 Å². The third-order valence-electron chi connectivity index (χ3n) is 4.29. The minimum atomic E-state index is -0.400. The minimum Gasteiger partial charge on any atom is -0.366 e. The molecule has 1 aromatic carbocycles. The van der Waals surface area contributed by atoms with E-state index in [1.807, 2.05) is 0 Å². The highest BCUT2D eigenvalue weighted by Gasteiger charge is 2.15. The number of hydrogen-bond donors (Lipinski definition) is 2. The summed E-state index contributed by atoms with van der Waals surface area (Å²) in [7, 11) is 0. The van der Waals surface area contributed by atoms with Crippen molar-refractivity contribution in [2.75, 3.05) is 10.6 Å². The lowest BCUT2D eigenvalue weighted by molar-refractivity contribution is 0.102. The van der Waals surface area contributed by atoms with Crippen molar-refractivity contribution in [3.63, 3.8) is 0 Å². The van der Waals surface area contributed by atoms with Crippen LogP contribution in [-0.2, 0) is 0 Å². The summed E-state index contributed by atoms with van der Waals surface area (Å²) in [6, 6.07) is 5.47. The maximum Gasteiger partial charge on any atom is 0.275 e. The van der Waals surface area contributed by atoms with Gasteiger partial charge >= 0.3 is 0 Å². The Hall–Kier alpha value is -1.85. The van der Waals surface area contributed by atoms with Crippen molar-refractivity contribution < 1.29 is 4.79 Å². The fourth-order valence-electron chi connectivity index (χ4n) is 2.95. The number of aromatic nitrogens is 2. The Morgan fingerprint density at radius 2 is 1.68 bits per heavy atom. The monoisotopic (exact) mass is 378 g/mol. The zero-order valence-electron chi connectivity index (χ0n) is 13.8. The van der Waals surface area contributed by atoms with Crippen molar-refractivity contribution in [1.82, 2.24) is 9.97 Å². The van der Waals surface area contributed by atoms with Gasteiger partial charge in [-0.1, -0.05) is 55.0 Å². The third-order valence-corrected chi connectivity index (χ3v) is 4.92. The third kappa shape index (κ3) is 4.83. The fraction of sp³-hybridized carbons (Fsp3) is 0.389. The highest BCUT2D eigenvalue weighted by atomic mass is 35.5. The molecule has 132 valence electrons. The topological polar surface area (TPSA) is 66.9 Å². The van der Waals surface area contributed by atoms with E-state index in [2.05, 4.69) is 20.6 Å². The zero-order valence-corrected chi connectivity index (χ0v) is 15.3. The molecule has 0 aliphatic heterocycles. The fourth-order valence-corrected chi connectivity index (χ4v) is 3.44. The van der Waals surface area contributed by atoms with Gasteiger partial charge in [0.05, 0.1) is 28.1 Å². The summed E-state index contributed by atoms with van der Waals surface area (Å²) in [5.41, 5.74) is 0.584. The van der Waals surface area contributed by atoms with Crippen molar-refractivity contribution in [2.24, 2.45) is 0 Å². The first-order chi connectivity index (χ1) is 12.1. The number of amides is 1. The normalized spacial score (nSPS) is 15.4. The number of carbonyl (C=O) groups excluding carboxylic acids is 1. The molecule has 0 atom stereocenters. The van der Waals surface area contributed by atoms with E-state index in [-0.39, 0.29) is 5.69 Å². The smallest absolute Gasteiger partial charge is 0.275 e. The zero-order chi connectivity index (χ0) is 17.6. The van der Waals surface area contributed by atoms with Crippen LogP contribution in [0.15, 0.2) is 30.6 Å². The molecule has 7 heteroatoms. The van der Waals surface area contributed by atoms with Gasteiger partial charge < -0.3 is 10.6 Å². The van der Waals surface area contributed by atoms with Gasteiger partial charge in [-0.2, -0.15) is 0 Å². The molecule has 25 heavy (non-hydrogen) atoms. The number of nitrogens with zero attached hydrogens (tertiary/aromatic N) is 2. The Morgan fingerprint density at radius 1 is 1.00 bits per heavy atom. The number of carbonyl (C=O) groups is 1. The van der Waals surface area contributed by atoms with E-state index in [9.17, 15) is 4.79 Å². The average Bonchev–Trinajstić information content (AvgIpc) is 2.87. The number of rotatable bonds is 4. The van der Waals surface area contributed by atoms with E-state index < -0.39 is 5.91 Å². The molecule has 0 spiro atoms.